The number of halogens is 1. The Morgan fingerprint density at radius 1 is 1.16 bits per heavy atom. The van der Waals surface area contributed by atoms with Gasteiger partial charge in [-0.15, -0.1) is 0 Å². The van der Waals surface area contributed by atoms with Gasteiger partial charge in [0.15, 0.2) is 11.5 Å². The van der Waals surface area contributed by atoms with Gasteiger partial charge in [0.1, 0.15) is 18.7 Å². The fourth-order valence-electron chi connectivity index (χ4n) is 4.62. The predicted octanol–water partition coefficient (Wildman–Crippen LogP) is 2.43. The number of pyridine rings is 2. The third kappa shape index (κ3) is 3.07. The molecule has 2 unspecified atom stereocenters. The summed E-state index contributed by atoms with van der Waals surface area (Å²) < 4.78 is 6.93. The number of rotatable bonds is 4. The summed E-state index contributed by atoms with van der Waals surface area (Å²) in [5.41, 5.74) is 1.12. The molecule has 2 fully saturated rings. The number of aryl methyl sites for hydroxylation is 1. The van der Waals surface area contributed by atoms with Crippen LogP contribution in [0.25, 0.3) is 11.0 Å². The van der Waals surface area contributed by atoms with Crippen LogP contribution in [0.5, 0.6) is 0 Å². The van der Waals surface area contributed by atoms with Gasteiger partial charge >= 0.3 is 0 Å². The van der Waals surface area contributed by atoms with Crippen LogP contribution in [0.4, 0.5) is 5.82 Å². The van der Waals surface area contributed by atoms with Gasteiger partial charge < -0.3 is 9.42 Å². The molecule has 1 aliphatic heterocycles. The smallest absolute Gasteiger partial charge is 0.263 e. The maximum Gasteiger partial charge on any atom is 0.263 e. The highest BCUT2D eigenvalue weighted by Crippen LogP contribution is 2.57. The van der Waals surface area contributed by atoms with Crippen LogP contribution in [-0.4, -0.2) is 42.7 Å². The van der Waals surface area contributed by atoms with Gasteiger partial charge in [0, 0.05) is 36.4 Å². The fourth-order valence-corrected chi connectivity index (χ4v) is 4.77. The van der Waals surface area contributed by atoms with Crippen molar-refractivity contribution < 1.29 is 4.52 Å². The largest absolute Gasteiger partial charge is 0.356 e. The first-order valence-electron chi connectivity index (χ1n) is 10.1. The zero-order chi connectivity index (χ0) is 21.1. The lowest BCUT2D eigenvalue weighted by molar-refractivity contribution is 0.363. The number of anilines is 1. The number of hydrogen-bond acceptors (Lipinski definition) is 8. The van der Waals surface area contributed by atoms with Gasteiger partial charge in [-0.3, -0.25) is 9.36 Å². The molecule has 0 bridgehead atoms. The van der Waals surface area contributed by atoms with Crippen LogP contribution in [0.2, 0.25) is 5.02 Å². The van der Waals surface area contributed by atoms with E-state index in [0.717, 1.165) is 24.5 Å². The van der Waals surface area contributed by atoms with E-state index < -0.39 is 0 Å². The molecule has 0 N–H and O–H groups in total. The molecule has 1 saturated heterocycles. The van der Waals surface area contributed by atoms with E-state index >= 15 is 0 Å². The van der Waals surface area contributed by atoms with Gasteiger partial charge in [0.25, 0.3) is 5.56 Å². The highest BCUT2D eigenvalue weighted by molar-refractivity contribution is 6.30. The van der Waals surface area contributed by atoms with E-state index in [9.17, 15) is 4.79 Å². The molecule has 1 aliphatic carbocycles. The average molecular weight is 436 g/mol. The van der Waals surface area contributed by atoms with Gasteiger partial charge in [-0.1, -0.05) is 16.8 Å². The predicted molar refractivity (Wildman–Crippen MR) is 113 cm³/mol. The second kappa shape index (κ2) is 6.84. The Labute approximate surface area is 181 Å². The Balaban J connectivity index is 1.18. The molecule has 9 nitrogen and oxygen atoms in total. The van der Waals surface area contributed by atoms with Crippen LogP contribution < -0.4 is 10.5 Å². The lowest BCUT2D eigenvalue weighted by Crippen LogP contribution is -2.24. The van der Waals surface area contributed by atoms with E-state index in [2.05, 4.69) is 30.0 Å². The van der Waals surface area contributed by atoms with Gasteiger partial charge in [-0.25, -0.2) is 15.0 Å². The molecule has 10 heteroatoms. The number of hydrogen-bond donors (Lipinski definition) is 0. The highest BCUT2D eigenvalue weighted by atomic mass is 35.5. The van der Waals surface area contributed by atoms with Crippen LogP contribution in [0.1, 0.15) is 23.2 Å². The molecule has 5 heterocycles. The van der Waals surface area contributed by atoms with Crippen LogP contribution in [0.15, 0.2) is 46.2 Å². The fraction of sp³-hybridized carbons (Fsp3) is 0.333. The maximum atomic E-state index is 12.8. The normalized spacial score (nSPS) is 22.1. The first kappa shape index (κ1) is 18.4. The maximum absolute atomic E-state index is 12.8. The van der Waals surface area contributed by atoms with E-state index in [1.165, 1.54) is 10.9 Å². The Morgan fingerprint density at radius 3 is 2.77 bits per heavy atom. The summed E-state index contributed by atoms with van der Waals surface area (Å²) in [5, 5.41) is 5.39. The molecular formula is C21H18ClN7O2. The highest BCUT2D eigenvalue weighted by Gasteiger charge is 2.58. The molecule has 1 saturated carbocycles. The van der Waals surface area contributed by atoms with E-state index in [4.69, 9.17) is 16.1 Å². The van der Waals surface area contributed by atoms with E-state index in [-0.39, 0.29) is 18.0 Å². The molecule has 2 atom stereocenters. The van der Waals surface area contributed by atoms with E-state index in [1.807, 2.05) is 13.0 Å². The van der Waals surface area contributed by atoms with Crippen LogP contribution >= 0.6 is 11.6 Å². The summed E-state index contributed by atoms with van der Waals surface area (Å²) in [6.45, 7) is 3.85. The molecule has 31 heavy (non-hydrogen) atoms. The Hall–Kier alpha value is -3.33. The number of piperidine rings is 1. The topological polar surface area (TPSA) is 103 Å². The van der Waals surface area contributed by atoms with E-state index in [1.54, 1.807) is 24.5 Å². The van der Waals surface area contributed by atoms with Crippen molar-refractivity contribution in [2.45, 2.75) is 19.4 Å². The van der Waals surface area contributed by atoms with Crippen molar-refractivity contribution in [1.82, 2.24) is 29.7 Å². The van der Waals surface area contributed by atoms with Gasteiger partial charge in [0.2, 0.25) is 5.89 Å². The van der Waals surface area contributed by atoms with Crippen molar-refractivity contribution in [3.05, 3.63) is 69.6 Å². The number of fused-ring (bicyclic) bond motifs is 2. The minimum absolute atomic E-state index is 0.164. The minimum atomic E-state index is -0.164. The molecule has 0 aromatic carbocycles. The third-order valence-corrected chi connectivity index (χ3v) is 6.48. The van der Waals surface area contributed by atoms with Crippen molar-refractivity contribution >= 4 is 28.5 Å². The second-order valence-corrected chi connectivity index (χ2v) is 8.58. The molecular weight excluding hydrogens is 418 g/mol. The molecule has 4 aromatic heterocycles. The Bertz CT molecular complexity index is 1360. The second-order valence-electron chi connectivity index (χ2n) is 8.14. The SMILES string of the molecule is Cc1ccnc2ncn(Cc3nc(C4C5CN(c6cc(Cl)ccn6)CC54)no3)c(=O)c12. The standard InChI is InChI=1S/C21H18ClN7O2/c1-11-2-4-24-19-17(11)21(30)29(10-25-19)9-16-26-20(27-31-16)18-13-7-28(8-14(13)18)15-6-12(22)3-5-23-15/h2-6,10,13-14,18H,7-9H2,1H3. The summed E-state index contributed by atoms with van der Waals surface area (Å²) >= 11 is 6.09. The zero-order valence-corrected chi connectivity index (χ0v) is 17.4. The van der Waals surface area contributed by atoms with Crippen molar-refractivity contribution in [3.63, 3.8) is 0 Å². The van der Waals surface area contributed by atoms with Gasteiger partial charge in [-0.05, 0) is 42.5 Å². The van der Waals surface area contributed by atoms with Crippen molar-refractivity contribution in [2.75, 3.05) is 18.0 Å². The number of nitrogens with zero attached hydrogens (tertiary/aromatic N) is 7. The van der Waals surface area contributed by atoms with Gasteiger partial charge in [-0.2, -0.15) is 4.98 Å². The molecule has 0 amide bonds. The van der Waals surface area contributed by atoms with Crippen molar-refractivity contribution in [1.29, 1.82) is 0 Å². The molecule has 2 aliphatic rings. The van der Waals surface area contributed by atoms with Crippen LogP contribution in [-0.2, 0) is 6.54 Å². The average Bonchev–Trinajstić information content (AvgIpc) is 3.09. The molecule has 0 radical (unpaired) electrons. The Morgan fingerprint density at radius 2 is 1.97 bits per heavy atom. The van der Waals surface area contributed by atoms with E-state index in [0.29, 0.717) is 39.6 Å². The molecule has 4 aromatic rings. The third-order valence-electron chi connectivity index (χ3n) is 6.25. The van der Waals surface area contributed by atoms with Crippen LogP contribution in [0.3, 0.4) is 0 Å². The Kier molecular flexibility index (Phi) is 4.07. The molecule has 0 spiro atoms. The molecule has 156 valence electrons. The summed E-state index contributed by atoms with van der Waals surface area (Å²) in [6, 6.07) is 5.47. The first-order chi connectivity index (χ1) is 15.1. The van der Waals surface area contributed by atoms with Crippen LogP contribution in [0, 0.1) is 18.8 Å². The number of aromatic nitrogens is 6. The monoisotopic (exact) mass is 435 g/mol. The summed E-state index contributed by atoms with van der Waals surface area (Å²) in [7, 11) is 0. The summed E-state index contributed by atoms with van der Waals surface area (Å²) in [4.78, 5) is 32.5. The lowest BCUT2D eigenvalue weighted by Gasteiger charge is -2.20. The van der Waals surface area contributed by atoms with Gasteiger partial charge in [0.05, 0.1) is 5.39 Å². The quantitative estimate of drug-likeness (QED) is 0.481. The molecule has 6 rings (SSSR count). The first-order valence-corrected chi connectivity index (χ1v) is 10.5. The van der Waals surface area contributed by atoms with Crippen molar-refractivity contribution in [3.8, 4) is 0 Å². The zero-order valence-electron chi connectivity index (χ0n) is 16.6. The van der Waals surface area contributed by atoms with Crippen molar-refractivity contribution in [2.24, 2.45) is 11.8 Å². The summed E-state index contributed by atoms with van der Waals surface area (Å²) in [6.07, 6.45) is 4.85. The lowest BCUT2D eigenvalue weighted by atomic mass is 10.2. The minimum Gasteiger partial charge on any atom is -0.356 e. The summed E-state index contributed by atoms with van der Waals surface area (Å²) in [5.74, 6) is 3.25.